The summed E-state index contributed by atoms with van der Waals surface area (Å²) in [6.07, 6.45) is 4.03. The van der Waals surface area contributed by atoms with Crippen LogP contribution in [0.3, 0.4) is 0 Å². The molecule has 0 aliphatic carbocycles. The first-order valence-corrected chi connectivity index (χ1v) is 12.0. The van der Waals surface area contributed by atoms with Crippen LogP contribution < -0.4 is 11.1 Å². The molecule has 3 heterocycles. The van der Waals surface area contributed by atoms with Crippen molar-refractivity contribution in [3.8, 4) is 11.1 Å². The number of nitrogens with one attached hydrogen (secondary N) is 1. The van der Waals surface area contributed by atoms with Gasteiger partial charge in [0.15, 0.2) is 5.65 Å². The molecule has 1 amide bonds. The van der Waals surface area contributed by atoms with Gasteiger partial charge in [-0.15, -0.1) is 5.10 Å². The fourth-order valence-corrected chi connectivity index (χ4v) is 4.57. The highest BCUT2D eigenvalue weighted by Gasteiger charge is 2.22. The molecular weight excluding hydrogens is 438 g/mol. The van der Waals surface area contributed by atoms with Gasteiger partial charge in [0.25, 0.3) is 0 Å². The number of hydrogen-bond acceptors (Lipinski definition) is 6. The third kappa shape index (κ3) is 5.12. The molecule has 0 radical (unpaired) electrons. The average molecular weight is 470 g/mol. The standard InChI is InChI=1S/C27H31N7O/c1-32(2)25(35)18-33-16-13-20(14-17-33)19-7-11-23(12-8-19)29-27-30-26-24(4-3-15-34(26)31-27)21-5-9-22(28)10-6-21/h3-12,15,20H,13-14,16-18,28H2,1-2H3,(H,29,31). The quantitative estimate of drug-likeness (QED) is 0.415. The number of carbonyl (C=O) groups is 1. The van der Waals surface area contributed by atoms with Crippen LogP contribution in [0.25, 0.3) is 16.8 Å². The van der Waals surface area contributed by atoms with Crippen LogP contribution in [-0.2, 0) is 4.79 Å². The maximum absolute atomic E-state index is 12.0. The second kappa shape index (κ2) is 9.76. The van der Waals surface area contributed by atoms with Gasteiger partial charge in [-0.1, -0.05) is 24.3 Å². The van der Waals surface area contributed by atoms with Crippen LogP contribution in [0.1, 0.15) is 24.3 Å². The minimum Gasteiger partial charge on any atom is -0.399 e. The van der Waals surface area contributed by atoms with Crippen molar-refractivity contribution in [2.24, 2.45) is 0 Å². The Bertz CT molecular complexity index is 1300. The van der Waals surface area contributed by atoms with E-state index in [1.807, 2.05) is 56.7 Å². The first kappa shape index (κ1) is 22.9. The number of amides is 1. The van der Waals surface area contributed by atoms with Crippen LogP contribution in [0.4, 0.5) is 17.3 Å². The smallest absolute Gasteiger partial charge is 0.247 e. The number of nitrogen functional groups attached to an aromatic ring is 1. The Morgan fingerprint density at radius 1 is 1.06 bits per heavy atom. The van der Waals surface area contributed by atoms with Gasteiger partial charge in [-0.05, 0) is 79.4 Å². The lowest BCUT2D eigenvalue weighted by molar-refractivity contribution is -0.130. The van der Waals surface area contributed by atoms with E-state index in [4.69, 9.17) is 10.7 Å². The Morgan fingerprint density at radius 3 is 2.46 bits per heavy atom. The van der Waals surface area contributed by atoms with Crippen LogP contribution in [0, 0.1) is 0 Å². The number of nitrogens with two attached hydrogens (primary N) is 1. The molecule has 0 unspecified atom stereocenters. The number of likely N-dealkylation sites (N-methyl/N-ethyl adjacent to an activating group) is 1. The monoisotopic (exact) mass is 469 g/mol. The lowest BCUT2D eigenvalue weighted by atomic mass is 9.89. The first-order valence-electron chi connectivity index (χ1n) is 12.0. The van der Waals surface area contributed by atoms with Gasteiger partial charge in [-0.3, -0.25) is 9.69 Å². The second-order valence-electron chi connectivity index (χ2n) is 9.33. The molecule has 1 fully saturated rings. The maximum atomic E-state index is 12.0. The highest BCUT2D eigenvalue weighted by molar-refractivity contribution is 5.79. The number of benzene rings is 2. The van der Waals surface area contributed by atoms with Crippen molar-refractivity contribution in [2.45, 2.75) is 18.8 Å². The summed E-state index contributed by atoms with van der Waals surface area (Å²) in [4.78, 5) is 20.6. The van der Waals surface area contributed by atoms with Crippen molar-refractivity contribution in [3.05, 3.63) is 72.4 Å². The number of aromatic nitrogens is 3. The summed E-state index contributed by atoms with van der Waals surface area (Å²) >= 11 is 0. The Kier molecular flexibility index (Phi) is 6.37. The highest BCUT2D eigenvalue weighted by atomic mass is 16.2. The van der Waals surface area contributed by atoms with Crippen LogP contribution in [0.5, 0.6) is 0 Å². The maximum Gasteiger partial charge on any atom is 0.247 e. The Hall–Kier alpha value is -3.91. The van der Waals surface area contributed by atoms with Gasteiger partial charge in [0.2, 0.25) is 11.9 Å². The van der Waals surface area contributed by atoms with E-state index in [-0.39, 0.29) is 5.91 Å². The van der Waals surface area contributed by atoms with Crippen LogP contribution in [0.2, 0.25) is 0 Å². The van der Waals surface area contributed by atoms with E-state index >= 15 is 0 Å². The summed E-state index contributed by atoms with van der Waals surface area (Å²) in [5.41, 5.74) is 11.7. The number of carbonyl (C=O) groups excluding carboxylic acids is 1. The number of piperidine rings is 1. The molecule has 0 bridgehead atoms. The molecule has 1 saturated heterocycles. The number of hydrogen-bond donors (Lipinski definition) is 2. The van der Waals surface area contributed by atoms with E-state index in [0.29, 0.717) is 18.4 Å². The lowest BCUT2D eigenvalue weighted by Crippen LogP contribution is -2.40. The predicted molar refractivity (Wildman–Crippen MR) is 140 cm³/mol. The number of likely N-dealkylation sites (tertiary alicyclic amines) is 1. The number of anilines is 3. The van der Waals surface area contributed by atoms with Crippen molar-refractivity contribution in [2.75, 3.05) is 44.8 Å². The number of fused-ring (bicyclic) bond motifs is 1. The lowest BCUT2D eigenvalue weighted by Gasteiger charge is -2.32. The van der Waals surface area contributed by atoms with Gasteiger partial charge >= 0.3 is 0 Å². The number of rotatable bonds is 6. The molecule has 8 nitrogen and oxygen atoms in total. The summed E-state index contributed by atoms with van der Waals surface area (Å²) < 4.78 is 1.79. The van der Waals surface area contributed by atoms with Gasteiger partial charge in [0.1, 0.15) is 0 Å². The Labute approximate surface area is 205 Å². The van der Waals surface area contributed by atoms with Crippen molar-refractivity contribution < 1.29 is 4.79 Å². The summed E-state index contributed by atoms with van der Waals surface area (Å²) in [6.45, 7) is 2.41. The fraction of sp³-hybridized carbons (Fsp3) is 0.296. The van der Waals surface area contributed by atoms with Crippen LogP contribution >= 0.6 is 0 Å². The number of pyridine rings is 1. The molecule has 35 heavy (non-hydrogen) atoms. The molecular formula is C27H31N7O. The molecule has 180 valence electrons. The molecule has 0 spiro atoms. The van der Waals surface area contributed by atoms with Crippen molar-refractivity contribution in [1.82, 2.24) is 24.4 Å². The topological polar surface area (TPSA) is 91.8 Å². The molecule has 5 rings (SSSR count). The normalized spacial score (nSPS) is 14.8. The third-order valence-electron chi connectivity index (χ3n) is 6.67. The first-order chi connectivity index (χ1) is 17.0. The summed E-state index contributed by atoms with van der Waals surface area (Å²) in [6, 6.07) is 20.3. The largest absolute Gasteiger partial charge is 0.399 e. The van der Waals surface area contributed by atoms with Gasteiger partial charge < -0.3 is 16.0 Å². The van der Waals surface area contributed by atoms with E-state index in [2.05, 4.69) is 39.6 Å². The van der Waals surface area contributed by atoms with Crippen LogP contribution in [-0.4, -0.2) is 64.0 Å². The predicted octanol–water partition coefficient (Wildman–Crippen LogP) is 3.99. The van der Waals surface area contributed by atoms with Crippen LogP contribution in [0.15, 0.2) is 66.9 Å². The number of nitrogens with zero attached hydrogens (tertiary/aromatic N) is 5. The Morgan fingerprint density at radius 2 is 1.77 bits per heavy atom. The van der Waals surface area contributed by atoms with Gasteiger partial charge in [0.05, 0.1) is 6.54 Å². The van der Waals surface area contributed by atoms with Crippen molar-refractivity contribution in [1.29, 1.82) is 0 Å². The SMILES string of the molecule is CN(C)C(=O)CN1CCC(c2ccc(Nc3nc4c(-c5ccc(N)cc5)cccn4n3)cc2)CC1. The van der Waals surface area contributed by atoms with Gasteiger partial charge in [-0.2, -0.15) is 4.98 Å². The average Bonchev–Trinajstić information content (AvgIpc) is 3.28. The van der Waals surface area contributed by atoms with Gasteiger partial charge in [-0.25, -0.2) is 4.52 Å². The van der Waals surface area contributed by atoms with E-state index in [9.17, 15) is 4.79 Å². The molecule has 0 saturated carbocycles. The zero-order valence-corrected chi connectivity index (χ0v) is 20.2. The molecule has 4 aromatic rings. The molecule has 2 aromatic heterocycles. The van der Waals surface area contributed by atoms with E-state index in [1.54, 1.807) is 9.42 Å². The van der Waals surface area contributed by atoms with E-state index in [1.165, 1.54) is 5.56 Å². The zero-order valence-electron chi connectivity index (χ0n) is 20.2. The molecule has 1 aliphatic rings. The molecule has 8 heteroatoms. The summed E-state index contributed by atoms with van der Waals surface area (Å²) in [7, 11) is 3.62. The van der Waals surface area contributed by atoms with E-state index < -0.39 is 0 Å². The molecule has 0 atom stereocenters. The molecule has 1 aliphatic heterocycles. The fourth-order valence-electron chi connectivity index (χ4n) is 4.57. The second-order valence-corrected chi connectivity index (χ2v) is 9.33. The molecule has 2 aromatic carbocycles. The Balaban J connectivity index is 1.25. The minimum absolute atomic E-state index is 0.167. The summed E-state index contributed by atoms with van der Waals surface area (Å²) in [5.74, 6) is 1.24. The zero-order chi connectivity index (χ0) is 24.4. The van der Waals surface area contributed by atoms with E-state index in [0.717, 1.165) is 54.1 Å². The minimum atomic E-state index is 0.167. The summed E-state index contributed by atoms with van der Waals surface area (Å²) in [5, 5.41) is 7.94. The van der Waals surface area contributed by atoms with Gasteiger partial charge in [0, 0.05) is 37.2 Å². The highest BCUT2D eigenvalue weighted by Crippen LogP contribution is 2.30. The third-order valence-corrected chi connectivity index (χ3v) is 6.67. The molecule has 3 N–H and O–H groups in total. The van der Waals surface area contributed by atoms with Crippen molar-refractivity contribution in [3.63, 3.8) is 0 Å². The van der Waals surface area contributed by atoms with Crippen molar-refractivity contribution >= 4 is 28.9 Å².